The lowest BCUT2D eigenvalue weighted by Crippen LogP contribution is -2.05. The summed E-state index contributed by atoms with van der Waals surface area (Å²) in [5.41, 5.74) is 5.29. The average molecular weight is 244 g/mol. The third-order valence-electron chi connectivity index (χ3n) is 3.45. The summed E-state index contributed by atoms with van der Waals surface area (Å²) in [5.74, 6) is 0. The van der Waals surface area contributed by atoms with E-state index in [0.29, 0.717) is 6.42 Å². The minimum absolute atomic E-state index is 0.485. The van der Waals surface area contributed by atoms with Crippen LogP contribution in [0.25, 0.3) is 0 Å². The molecule has 0 radical (unpaired) electrons. The van der Waals surface area contributed by atoms with E-state index in [4.69, 9.17) is 0 Å². The molecule has 18 heavy (non-hydrogen) atoms. The van der Waals surface area contributed by atoms with Gasteiger partial charge in [-0.15, -0.1) is 0 Å². The topological polar surface area (TPSA) is 38.1 Å². The van der Waals surface area contributed by atoms with E-state index in [2.05, 4.69) is 36.3 Å². The number of aliphatic hydroxyl groups excluding tert-OH is 1. The van der Waals surface area contributed by atoms with E-state index >= 15 is 0 Å². The van der Waals surface area contributed by atoms with Gasteiger partial charge in [0.1, 0.15) is 0 Å². The molecule has 3 heteroatoms. The monoisotopic (exact) mass is 244 g/mol. The summed E-state index contributed by atoms with van der Waals surface area (Å²) in [5, 5.41) is 14.7. The van der Waals surface area contributed by atoms with Crippen LogP contribution in [-0.4, -0.2) is 14.9 Å². The third-order valence-corrected chi connectivity index (χ3v) is 3.45. The zero-order valence-corrected chi connectivity index (χ0v) is 11.4. The average Bonchev–Trinajstić information content (AvgIpc) is 2.56. The van der Waals surface area contributed by atoms with E-state index in [1.54, 1.807) is 0 Å². The first-order valence-corrected chi connectivity index (χ1v) is 6.22. The second-order valence-electron chi connectivity index (χ2n) is 4.91. The lowest BCUT2D eigenvalue weighted by Gasteiger charge is -2.12. The van der Waals surface area contributed by atoms with Crippen molar-refractivity contribution in [3.05, 3.63) is 52.3 Å². The molecule has 1 N–H and O–H groups in total. The molecule has 1 aromatic carbocycles. The Bertz CT molecular complexity index is 540. The first-order valence-electron chi connectivity index (χ1n) is 6.22. The molecule has 0 aliphatic rings. The Kier molecular flexibility index (Phi) is 3.53. The molecule has 1 atom stereocenters. The summed E-state index contributed by atoms with van der Waals surface area (Å²) in [6.45, 7) is 6.00. The third kappa shape index (κ3) is 2.46. The van der Waals surface area contributed by atoms with Gasteiger partial charge >= 0.3 is 0 Å². The van der Waals surface area contributed by atoms with E-state index in [9.17, 15) is 5.11 Å². The molecule has 0 amide bonds. The van der Waals surface area contributed by atoms with Crippen LogP contribution in [-0.2, 0) is 13.5 Å². The fourth-order valence-corrected chi connectivity index (χ4v) is 2.32. The Morgan fingerprint density at radius 2 is 1.78 bits per heavy atom. The predicted molar refractivity (Wildman–Crippen MR) is 72.5 cm³/mol. The normalized spacial score (nSPS) is 12.7. The minimum Gasteiger partial charge on any atom is -0.388 e. The Balaban J connectivity index is 2.21. The van der Waals surface area contributed by atoms with Crippen LogP contribution in [0.1, 0.15) is 34.2 Å². The van der Waals surface area contributed by atoms with Crippen molar-refractivity contribution >= 4 is 0 Å². The van der Waals surface area contributed by atoms with E-state index in [1.165, 1.54) is 5.56 Å². The molecular weight excluding hydrogens is 224 g/mol. The molecule has 0 saturated carbocycles. The van der Waals surface area contributed by atoms with Crippen LogP contribution in [0.4, 0.5) is 0 Å². The number of benzene rings is 1. The highest BCUT2D eigenvalue weighted by molar-refractivity contribution is 5.29. The predicted octanol–water partition coefficient (Wildman–Crippen LogP) is 2.62. The van der Waals surface area contributed by atoms with E-state index in [0.717, 1.165) is 22.5 Å². The molecule has 1 unspecified atom stereocenters. The number of hydrogen-bond acceptors (Lipinski definition) is 2. The molecule has 2 rings (SSSR count). The lowest BCUT2D eigenvalue weighted by molar-refractivity contribution is 0.177. The van der Waals surface area contributed by atoms with Crippen LogP contribution in [0.3, 0.4) is 0 Å². The molecule has 0 saturated heterocycles. The summed E-state index contributed by atoms with van der Waals surface area (Å²) in [4.78, 5) is 0. The van der Waals surface area contributed by atoms with Crippen molar-refractivity contribution in [2.24, 2.45) is 7.05 Å². The Hall–Kier alpha value is -1.61. The van der Waals surface area contributed by atoms with Crippen LogP contribution >= 0.6 is 0 Å². The van der Waals surface area contributed by atoms with E-state index < -0.39 is 6.10 Å². The van der Waals surface area contributed by atoms with Gasteiger partial charge in [-0.25, -0.2) is 0 Å². The summed E-state index contributed by atoms with van der Waals surface area (Å²) >= 11 is 0. The van der Waals surface area contributed by atoms with Crippen molar-refractivity contribution in [1.29, 1.82) is 0 Å². The van der Waals surface area contributed by atoms with Crippen LogP contribution in [0.15, 0.2) is 24.3 Å². The van der Waals surface area contributed by atoms with Gasteiger partial charge in [0.2, 0.25) is 0 Å². The van der Waals surface area contributed by atoms with Crippen molar-refractivity contribution < 1.29 is 5.11 Å². The summed E-state index contributed by atoms with van der Waals surface area (Å²) in [6, 6.07) is 8.29. The van der Waals surface area contributed by atoms with Gasteiger partial charge in [-0.3, -0.25) is 4.68 Å². The van der Waals surface area contributed by atoms with Crippen LogP contribution in [0.2, 0.25) is 0 Å². The smallest absolute Gasteiger partial charge is 0.0866 e. The van der Waals surface area contributed by atoms with Crippen molar-refractivity contribution in [2.45, 2.75) is 33.3 Å². The number of hydrogen-bond donors (Lipinski definition) is 1. The highest BCUT2D eigenvalue weighted by Gasteiger charge is 2.18. The Labute approximate surface area is 108 Å². The maximum absolute atomic E-state index is 10.4. The molecule has 1 heterocycles. The number of aryl methyl sites for hydroxylation is 3. The van der Waals surface area contributed by atoms with Gasteiger partial charge in [0.05, 0.1) is 11.8 Å². The fraction of sp³-hybridized carbons (Fsp3) is 0.400. The molecule has 1 aromatic heterocycles. The molecular formula is C15H20N2O. The minimum atomic E-state index is -0.485. The quantitative estimate of drug-likeness (QED) is 0.901. The zero-order valence-electron chi connectivity index (χ0n) is 11.4. The fourth-order valence-electron chi connectivity index (χ4n) is 2.32. The summed E-state index contributed by atoms with van der Waals surface area (Å²) in [7, 11) is 1.91. The Morgan fingerprint density at radius 1 is 1.17 bits per heavy atom. The number of nitrogens with zero attached hydrogens (tertiary/aromatic N) is 2. The standard InChI is InChI=1S/C15H20N2O/c1-10-5-7-13(8-6-10)9-14(18)15-11(2)16-17(4)12(15)3/h5-8,14,18H,9H2,1-4H3. The lowest BCUT2D eigenvalue weighted by atomic mass is 9.99. The van der Waals surface area contributed by atoms with Gasteiger partial charge < -0.3 is 5.11 Å². The van der Waals surface area contributed by atoms with Gasteiger partial charge in [0, 0.05) is 24.7 Å². The molecule has 0 bridgehead atoms. The zero-order chi connectivity index (χ0) is 13.3. The molecule has 0 aliphatic heterocycles. The molecule has 3 nitrogen and oxygen atoms in total. The Morgan fingerprint density at radius 3 is 2.28 bits per heavy atom. The molecule has 0 fully saturated rings. The maximum Gasteiger partial charge on any atom is 0.0866 e. The van der Waals surface area contributed by atoms with Gasteiger partial charge in [-0.05, 0) is 26.3 Å². The summed E-state index contributed by atoms with van der Waals surface area (Å²) < 4.78 is 1.82. The first-order chi connectivity index (χ1) is 8.49. The highest BCUT2D eigenvalue weighted by atomic mass is 16.3. The second-order valence-corrected chi connectivity index (χ2v) is 4.91. The van der Waals surface area contributed by atoms with E-state index in [-0.39, 0.29) is 0 Å². The van der Waals surface area contributed by atoms with Gasteiger partial charge in [-0.2, -0.15) is 5.10 Å². The van der Waals surface area contributed by atoms with Crippen molar-refractivity contribution in [3.8, 4) is 0 Å². The van der Waals surface area contributed by atoms with Gasteiger partial charge in [0.25, 0.3) is 0 Å². The summed E-state index contributed by atoms with van der Waals surface area (Å²) in [6.07, 6.45) is 0.148. The van der Waals surface area contributed by atoms with Crippen LogP contribution < -0.4 is 0 Å². The number of aliphatic hydroxyl groups is 1. The van der Waals surface area contributed by atoms with Crippen LogP contribution in [0.5, 0.6) is 0 Å². The number of aromatic nitrogens is 2. The SMILES string of the molecule is Cc1ccc(CC(O)c2c(C)nn(C)c2C)cc1. The molecule has 0 spiro atoms. The number of rotatable bonds is 3. The molecule has 2 aromatic rings. The van der Waals surface area contributed by atoms with Crippen molar-refractivity contribution in [1.82, 2.24) is 9.78 Å². The van der Waals surface area contributed by atoms with Crippen LogP contribution in [0, 0.1) is 20.8 Å². The first kappa shape index (κ1) is 12.8. The van der Waals surface area contributed by atoms with Crippen molar-refractivity contribution in [2.75, 3.05) is 0 Å². The second kappa shape index (κ2) is 4.94. The van der Waals surface area contributed by atoms with E-state index in [1.807, 2.05) is 25.6 Å². The molecule has 96 valence electrons. The highest BCUT2D eigenvalue weighted by Crippen LogP contribution is 2.24. The largest absolute Gasteiger partial charge is 0.388 e. The van der Waals surface area contributed by atoms with Gasteiger partial charge in [-0.1, -0.05) is 29.8 Å². The maximum atomic E-state index is 10.4. The van der Waals surface area contributed by atoms with Gasteiger partial charge in [0.15, 0.2) is 0 Å². The van der Waals surface area contributed by atoms with Crippen molar-refractivity contribution in [3.63, 3.8) is 0 Å². The molecule has 0 aliphatic carbocycles.